The summed E-state index contributed by atoms with van der Waals surface area (Å²) < 4.78 is 0. The topological polar surface area (TPSA) is 731 Å². The Morgan fingerprint density at radius 1 is 0.218 bits per heavy atom. The second-order valence-electron chi connectivity index (χ2n) is 19.0. The largest absolute Gasteiger partial charge is 0.324 e. The molecule has 0 bridgehead atoms. The van der Waals surface area contributed by atoms with Crippen LogP contribution < -0.4 is 124 Å². The highest BCUT2D eigenvalue weighted by molar-refractivity contribution is 5.97. The van der Waals surface area contributed by atoms with Gasteiger partial charge in [-0.2, -0.15) is 0 Å². The normalized spacial score (nSPS) is 8.90. The lowest BCUT2D eigenvalue weighted by Gasteiger charge is -2.01. The van der Waals surface area contributed by atoms with E-state index in [1.807, 2.05) is 66.4 Å². The fourth-order valence-corrected chi connectivity index (χ4v) is 6.50. The van der Waals surface area contributed by atoms with Crippen molar-refractivity contribution in [2.75, 3.05) is 0 Å². The van der Waals surface area contributed by atoms with Crippen molar-refractivity contribution in [2.45, 2.75) is 0 Å². The molecule has 0 spiro atoms. The summed E-state index contributed by atoms with van der Waals surface area (Å²) in [7, 11) is 0. The van der Waals surface area contributed by atoms with E-state index in [-0.39, 0.29) is 59.1 Å². The molecule has 110 heavy (non-hydrogen) atoms. The predicted molar refractivity (Wildman–Crippen MR) is 400 cm³/mol. The molecule has 11 heterocycles. The Kier molecular flexibility index (Phi) is 49.5. The number of nitrogens with one attached hydrogen (secondary N) is 11. The second-order valence-corrected chi connectivity index (χ2v) is 19.0. The van der Waals surface area contributed by atoms with E-state index in [2.05, 4.69) is 66.8 Å². The van der Waals surface area contributed by atoms with Gasteiger partial charge in [0, 0.05) is 203 Å². The first-order chi connectivity index (χ1) is 53.3. The zero-order chi connectivity index (χ0) is 81.4. The maximum atomic E-state index is 10.7. The standard InChI is InChI=1S/C7H9N3.10C6H7N3O/c1-6(10-8)7-2-4-9-5-3-7;10*7-9-6(10)5-1-3-8-4-2-5/h2-5,10H,1,8H2;10*1-4H,7H2,(H,9,10)/i1+6,6+1,8+1,10+1;6+1,7+1,9+1,10+1;7+1,9+1,10+2;7+1,9+1,10+1;6+1,7+1,9+1;7+1,9+1;6+1,10+2;6+1,10+1;10+2;10+1;6+1. The van der Waals surface area contributed by atoms with E-state index in [1.165, 1.54) is 124 Å². The van der Waals surface area contributed by atoms with Crippen LogP contribution in [0.1, 0.15) is 109 Å². The number of hydrogen-bond donors (Lipinski definition) is 22. The number of carbonyl (C=O) groups is 10. The van der Waals surface area contributed by atoms with E-state index in [0.29, 0.717) is 61.3 Å². The molecule has 43 nitrogen and oxygen atoms in total. The van der Waals surface area contributed by atoms with Gasteiger partial charge in [0.05, 0.1) is 0 Å². The first kappa shape index (κ1) is 92.5. The average molecular weight is 1540 g/mol. The van der Waals surface area contributed by atoms with E-state index in [0.717, 1.165) is 5.56 Å². The van der Waals surface area contributed by atoms with Crippen molar-refractivity contribution < 1.29 is 47.9 Å². The van der Waals surface area contributed by atoms with Gasteiger partial charge in [0.15, 0.2) is 0 Å². The van der Waals surface area contributed by atoms with E-state index in [1.54, 1.807) is 134 Å². The third-order valence-corrected chi connectivity index (χ3v) is 11.9. The summed E-state index contributed by atoms with van der Waals surface area (Å²) in [4.78, 5) is 149. The molecule has 572 valence electrons. The third-order valence-electron chi connectivity index (χ3n) is 11.9. The second kappa shape index (κ2) is 58.9. The van der Waals surface area contributed by atoms with Crippen molar-refractivity contribution in [1.29, 1.82) is 0 Å². The molecule has 0 saturated heterocycles. The summed E-state index contributed by atoms with van der Waals surface area (Å²) in [6, 6.07) is 35.4. The first-order valence-electron chi connectivity index (χ1n) is 30.4. The quantitative estimate of drug-likeness (QED) is 0.0149. The number of nitrogens with zero attached hydrogens (tertiary/aromatic N) is 11. The van der Waals surface area contributed by atoms with Crippen LogP contribution >= 0.6 is 0 Å². The van der Waals surface area contributed by atoms with Gasteiger partial charge in [0.1, 0.15) is 0 Å². The average Bonchev–Trinajstić information content (AvgIpc) is 1.13. The Hall–Kier alpha value is -15.6. The highest BCUT2D eigenvalue weighted by Gasteiger charge is 2.06. The lowest BCUT2D eigenvalue weighted by atomic mass is 10.3. The van der Waals surface area contributed by atoms with Crippen molar-refractivity contribution in [3.8, 4) is 0 Å². The molecule has 43 heteroatoms. The fourth-order valence-electron chi connectivity index (χ4n) is 6.50. The minimum absolute atomic E-state index is 0.303. The van der Waals surface area contributed by atoms with Crippen LogP contribution in [0.4, 0.5) is 0 Å². The summed E-state index contributed by atoms with van der Waals surface area (Å²) in [5.41, 5.74) is 29.4. The molecule has 0 atom stereocenters. The molecule has 10 amide bonds. The van der Waals surface area contributed by atoms with Crippen LogP contribution in [0.2, 0.25) is 0 Å². The number of amides is 10. The van der Waals surface area contributed by atoms with Gasteiger partial charge in [0.25, 0.3) is 59.1 Å². The van der Waals surface area contributed by atoms with Crippen LogP contribution in [0.5, 0.6) is 0 Å². The van der Waals surface area contributed by atoms with Crippen molar-refractivity contribution in [3.63, 3.8) is 0 Å². The molecule has 0 radical (unpaired) electrons. The fraction of sp³-hybridized carbons (Fsp3) is 0. The monoisotopic (exact) mass is 1540 g/mol. The van der Waals surface area contributed by atoms with Crippen molar-refractivity contribution in [2.24, 2.45) is 64.3 Å². The van der Waals surface area contributed by atoms with Gasteiger partial charge in [-0.25, -0.2) is 58.4 Å². The summed E-state index contributed by atoms with van der Waals surface area (Å²) in [6.45, 7) is 3.68. The van der Waals surface area contributed by atoms with Crippen molar-refractivity contribution >= 4 is 64.8 Å². The highest BCUT2D eigenvalue weighted by atomic mass is 18.1. The van der Waals surface area contributed by atoms with Gasteiger partial charge >= 0.3 is 0 Å². The molecule has 0 fully saturated rings. The van der Waals surface area contributed by atoms with Crippen LogP contribution in [-0.4, -0.2) is 114 Å². The minimum atomic E-state index is -0.303. The lowest BCUT2D eigenvalue weighted by molar-refractivity contribution is 0.0945. The molecule has 11 aromatic rings. The first-order valence-corrected chi connectivity index (χ1v) is 30.4. The minimum Gasteiger partial charge on any atom is -0.324 e. The van der Waals surface area contributed by atoms with Gasteiger partial charge in [-0.3, -0.25) is 163 Å². The molecule has 0 saturated carbocycles. The zero-order valence-electron chi connectivity index (χ0n) is 58.0. The highest BCUT2D eigenvalue weighted by Crippen LogP contribution is 2.05. The van der Waals surface area contributed by atoms with E-state index < -0.39 is 0 Å². The van der Waals surface area contributed by atoms with Gasteiger partial charge in [-0.1, -0.05) is 6.58 Å². The molecule has 33 N–H and O–H groups in total. The number of hydrogen-bond acceptors (Lipinski definition) is 33. The Morgan fingerprint density at radius 3 is 0.482 bits per heavy atom. The Balaban J connectivity index is 0.000000605. The molecule has 11 rings (SSSR count). The summed E-state index contributed by atoms with van der Waals surface area (Å²) in [6.07, 6.45) is 34.0. The van der Waals surface area contributed by atoms with Gasteiger partial charge in [-0.15, -0.1) is 0 Å². The van der Waals surface area contributed by atoms with Crippen LogP contribution in [-0.2, 0) is 0 Å². The number of rotatable bonds is 12. The van der Waals surface area contributed by atoms with E-state index >= 15 is 0 Å². The Labute approximate surface area is 626 Å². The van der Waals surface area contributed by atoms with Gasteiger partial charge < -0.3 is 5.43 Å². The number of carbonyl (C=O) groups excluding carboxylic acids is 10. The zero-order valence-corrected chi connectivity index (χ0v) is 58.0. The maximum Gasteiger partial charge on any atom is 0.265 e. The third kappa shape index (κ3) is 40.3. The molecule has 0 unspecified atom stereocenters. The van der Waals surface area contributed by atoms with Crippen LogP contribution in [0.3, 0.4) is 0 Å². The molecule has 0 aromatic carbocycles. The number of pyridine rings is 11. The van der Waals surface area contributed by atoms with Gasteiger partial charge in [0.2, 0.25) is 0 Å². The summed E-state index contributed by atoms with van der Waals surface area (Å²) >= 11 is 0. The maximum absolute atomic E-state index is 10.7. The summed E-state index contributed by atoms with van der Waals surface area (Å²) in [5, 5.41) is 0. The molecule has 0 aliphatic carbocycles. The number of hydrazine groups is 11. The van der Waals surface area contributed by atoms with E-state index in [9.17, 15) is 47.9 Å². The van der Waals surface area contributed by atoms with Crippen LogP contribution in [0, 0.1) is 0 Å². The molecule has 11 aromatic heterocycles. The van der Waals surface area contributed by atoms with Crippen LogP contribution in [0.25, 0.3) is 5.70 Å². The number of aromatic nitrogens is 11. The summed E-state index contributed by atoms with van der Waals surface area (Å²) in [5.74, 6) is 50.9. The van der Waals surface area contributed by atoms with E-state index in [4.69, 9.17) is 64.3 Å². The van der Waals surface area contributed by atoms with Gasteiger partial charge in [-0.05, 0) is 133 Å². The van der Waals surface area contributed by atoms with Crippen LogP contribution in [0.15, 0.2) is 276 Å². The predicted octanol–water partition coefficient (Wildman–Crippen LogP) is -2.63. The van der Waals surface area contributed by atoms with Crippen molar-refractivity contribution in [1.82, 2.24) is 115 Å². The number of nitrogen functional groups attached to an aromatic ring is 10. The molecular formula is C67H79N33O10. The Bertz CT molecular complexity index is 3420. The lowest BCUT2D eigenvalue weighted by Crippen LogP contribution is -2.29. The molecular weight excluding hydrogens is 1460 g/mol. The van der Waals surface area contributed by atoms with Crippen molar-refractivity contribution in [3.05, 3.63) is 338 Å². The Morgan fingerprint density at radius 2 is 0.355 bits per heavy atom. The molecule has 0 aliphatic heterocycles. The number of nitrogens with two attached hydrogens (primary N) is 11. The SMILES string of the molecule is NNC(=[17O])c1ccncc1.NNC(=[18O])c1ccncc1.NN[13C](=O)c1ccncc1.NN[13C](=[17O])c1ccncc1.NN[13C](=[18O])c1ccncc1.[15NH2][15NH]C(=O)c1ccncc1.[15NH2][15NH]C(=[17O])c1ccncc1.[15NH2][15NH]C(=[18O])c1ccncc1.[15NH2][15NH][13C](=O)c1ccncc1.[15NH2][15NH][13C](=[17O])c1ccncc1.[18CH2]=[13C]([15NH][15NH2])c1ccncc1. The molecule has 0 aliphatic rings. The smallest absolute Gasteiger partial charge is 0.265 e.